The van der Waals surface area contributed by atoms with E-state index in [0.717, 1.165) is 35.7 Å². The lowest BCUT2D eigenvalue weighted by Gasteiger charge is -2.32. The van der Waals surface area contributed by atoms with E-state index < -0.39 is 0 Å². The van der Waals surface area contributed by atoms with Crippen LogP contribution in [0, 0.1) is 0 Å². The molecule has 0 saturated carbocycles. The molecule has 1 aliphatic rings. The second kappa shape index (κ2) is 4.12. The third kappa shape index (κ3) is 1.94. The standard InChI is InChI=1S/C11H14N4OS/c1-7-6-15(3-4-16-7)9-8-2-5-17-10(8)14-11(12)13-9/h2,5,7H,3-4,6H2,1H3,(H2,12,13,14). The molecule has 3 rings (SSSR count). The summed E-state index contributed by atoms with van der Waals surface area (Å²) in [5, 5.41) is 3.10. The molecule has 2 aromatic heterocycles. The average Bonchev–Trinajstić information content (AvgIpc) is 2.75. The lowest BCUT2D eigenvalue weighted by Crippen LogP contribution is -2.41. The number of nitrogen functional groups attached to an aromatic ring is 1. The van der Waals surface area contributed by atoms with Crippen molar-refractivity contribution in [1.82, 2.24) is 9.97 Å². The molecule has 1 unspecified atom stereocenters. The van der Waals surface area contributed by atoms with Crippen LogP contribution in [0.25, 0.3) is 10.2 Å². The van der Waals surface area contributed by atoms with E-state index in [1.165, 1.54) is 0 Å². The van der Waals surface area contributed by atoms with E-state index in [0.29, 0.717) is 5.95 Å². The first-order valence-electron chi connectivity index (χ1n) is 5.61. The number of thiophene rings is 1. The molecule has 17 heavy (non-hydrogen) atoms. The van der Waals surface area contributed by atoms with Gasteiger partial charge in [0.1, 0.15) is 10.6 Å². The van der Waals surface area contributed by atoms with E-state index in [-0.39, 0.29) is 6.10 Å². The van der Waals surface area contributed by atoms with Crippen LogP contribution in [0.15, 0.2) is 11.4 Å². The predicted octanol–water partition coefficient (Wildman–Crippen LogP) is 1.50. The number of hydrogen-bond donors (Lipinski definition) is 1. The SMILES string of the molecule is CC1CN(c2nc(N)nc3sccc23)CCO1. The van der Waals surface area contributed by atoms with Crippen molar-refractivity contribution in [2.75, 3.05) is 30.3 Å². The highest BCUT2D eigenvalue weighted by molar-refractivity contribution is 7.16. The summed E-state index contributed by atoms with van der Waals surface area (Å²) in [5.41, 5.74) is 5.75. The minimum Gasteiger partial charge on any atom is -0.375 e. The van der Waals surface area contributed by atoms with Gasteiger partial charge in [-0.3, -0.25) is 0 Å². The van der Waals surface area contributed by atoms with Gasteiger partial charge >= 0.3 is 0 Å². The van der Waals surface area contributed by atoms with Gasteiger partial charge < -0.3 is 15.4 Å². The van der Waals surface area contributed by atoms with Crippen LogP contribution in [0.4, 0.5) is 11.8 Å². The number of aromatic nitrogens is 2. The summed E-state index contributed by atoms with van der Waals surface area (Å²) in [6, 6.07) is 2.05. The summed E-state index contributed by atoms with van der Waals surface area (Å²) in [5.74, 6) is 1.28. The molecule has 0 amide bonds. The normalized spacial score (nSPS) is 21.0. The maximum atomic E-state index is 5.75. The summed E-state index contributed by atoms with van der Waals surface area (Å²) in [4.78, 5) is 11.8. The summed E-state index contributed by atoms with van der Waals surface area (Å²) in [6.07, 6.45) is 0.230. The van der Waals surface area contributed by atoms with E-state index in [1.807, 2.05) is 5.38 Å². The lowest BCUT2D eigenvalue weighted by atomic mass is 10.2. The molecule has 90 valence electrons. The Balaban J connectivity index is 2.06. The van der Waals surface area contributed by atoms with Crippen molar-refractivity contribution < 1.29 is 4.74 Å². The van der Waals surface area contributed by atoms with Gasteiger partial charge in [0.15, 0.2) is 0 Å². The Morgan fingerprint density at radius 1 is 1.53 bits per heavy atom. The van der Waals surface area contributed by atoms with Gasteiger partial charge in [-0.15, -0.1) is 11.3 Å². The van der Waals surface area contributed by atoms with Crippen molar-refractivity contribution in [3.05, 3.63) is 11.4 Å². The van der Waals surface area contributed by atoms with Crippen molar-refractivity contribution in [3.63, 3.8) is 0 Å². The average molecular weight is 250 g/mol. The molecular weight excluding hydrogens is 236 g/mol. The van der Waals surface area contributed by atoms with Gasteiger partial charge in [-0.1, -0.05) is 0 Å². The Bertz CT molecular complexity index is 541. The summed E-state index contributed by atoms with van der Waals surface area (Å²) >= 11 is 1.59. The molecule has 0 spiro atoms. The zero-order valence-corrected chi connectivity index (χ0v) is 10.4. The fourth-order valence-corrected chi connectivity index (χ4v) is 2.87. The molecule has 2 N–H and O–H groups in total. The number of nitrogens with two attached hydrogens (primary N) is 1. The van der Waals surface area contributed by atoms with Gasteiger partial charge in [-0.05, 0) is 18.4 Å². The van der Waals surface area contributed by atoms with Crippen LogP contribution in [-0.2, 0) is 4.74 Å². The molecule has 1 fully saturated rings. The second-order valence-corrected chi connectivity index (χ2v) is 5.07. The second-order valence-electron chi connectivity index (χ2n) is 4.17. The molecule has 6 heteroatoms. The van der Waals surface area contributed by atoms with Gasteiger partial charge in [0, 0.05) is 13.1 Å². The zero-order chi connectivity index (χ0) is 11.8. The molecule has 1 saturated heterocycles. The maximum Gasteiger partial charge on any atom is 0.223 e. The summed E-state index contributed by atoms with van der Waals surface area (Å²) < 4.78 is 5.54. The van der Waals surface area contributed by atoms with E-state index in [9.17, 15) is 0 Å². The molecule has 1 atom stereocenters. The fourth-order valence-electron chi connectivity index (χ4n) is 2.11. The molecule has 0 radical (unpaired) electrons. The molecule has 0 bridgehead atoms. The highest BCUT2D eigenvalue weighted by Crippen LogP contribution is 2.29. The molecule has 3 heterocycles. The van der Waals surface area contributed by atoms with Crippen LogP contribution >= 0.6 is 11.3 Å². The van der Waals surface area contributed by atoms with Crippen molar-refractivity contribution >= 4 is 33.3 Å². The number of morpholine rings is 1. The Morgan fingerprint density at radius 3 is 3.24 bits per heavy atom. The monoisotopic (exact) mass is 250 g/mol. The first-order chi connectivity index (χ1) is 8.24. The number of anilines is 2. The van der Waals surface area contributed by atoms with Gasteiger partial charge in [0.05, 0.1) is 18.1 Å². The van der Waals surface area contributed by atoms with Gasteiger partial charge in [-0.2, -0.15) is 4.98 Å². The van der Waals surface area contributed by atoms with Crippen LogP contribution < -0.4 is 10.6 Å². The summed E-state index contributed by atoms with van der Waals surface area (Å²) in [6.45, 7) is 4.51. The number of hydrogen-bond acceptors (Lipinski definition) is 6. The molecular formula is C11H14N4OS. The first kappa shape index (κ1) is 10.7. The highest BCUT2D eigenvalue weighted by Gasteiger charge is 2.20. The van der Waals surface area contributed by atoms with E-state index in [4.69, 9.17) is 10.5 Å². The van der Waals surface area contributed by atoms with Crippen LogP contribution in [0.2, 0.25) is 0 Å². The Hall–Kier alpha value is -1.40. The van der Waals surface area contributed by atoms with E-state index in [1.54, 1.807) is 11.3 Å². The Labute approximate surface area is 103 Å². The minimum atomic E-state index is 0.230. The first-order valence-corrected chi connectivity index (χ1v) is 6.49. The molecule has 0 aromatic carbocycles. The molecule has 2 aromatic rings. The van der Waals surface area contributed by atoms with Crippen molar-refractivity contribution in [2.24, 2.45) is 0 Å². The largest absolute Gasteiger partial charge is 0.375 e. The third-order valence-corrected chi connectivity index (χ3v) is 3.67. The number of fused-ring (bicyclic) bond motifs is 1. The number of nitrogens with zero attached hydrogens (tertiary/aromatic N) is 3. The van der Waals surface area contributed by atoms with Crippen LogP contribution in [0.1, 0.15) is 6.92 Å². The van der Waals surface area contributed by atoms with Crippen molar-refractivity contribution in [3.8, 4) is 0 Å². The fraction of sp³-hybridized carbons (Fsp3) is 0.455. The highest BCUT2D eigenvalue weighted by atomic mass is 32.1. The third-order valence-electron chi connectivity index (χ3n) is 2.86. The molecule has 1 aliphatic heterocycles. The quantitative estimate of drug-likeness (QED) is 0.831. The lowest BCUT2D eigenvalue weighted by molar-refractivity contribution is 0.0530. The van der Waals surface area contributed by atoms with Crippen molar-refractivity contribution in [2.45, 2.75) is 13.0 Å². The van der Waals surface area contributed by atoms with Crippen LogP contribution in [0.3, 0.4) is 0 Å². The number of ether oxygens (including phenoxy) is 1. The van der Waals surface area contributed by atoms with E-state index >= 15 is 0 Å². The predicted molar refractivity (Wildman–Crippen MR) is 69.5 cm³/mol. The zero-order valence-electron chi connectivity index (χ0n) is 9.59. The van der Waals surface area contributed by atoms with Gasteiger partial charge in [0.2, 0.25) is 5.95 Å². The van der Waals surface area contributed by atoms with Crippen molar-refractivity contribution in [1.29, 1.82) is 0 Å². The molecule has 5 nitrogen and oxygen atoms in total. The van der Waals surface area contributed by atoms with E-state index in [2.05, 4.69) is 27.9 Å². The van der Waals surface area contributed by atoms with Crippen LogP contribution in [-0.4, -0.2) is 35.8 Å². The minimum absolute atomic E-state index is 0.230. The Kier molecular flexibility index (Phi) is 2.60. The smallest absolute Gasteiger partial charge is 0.223 e. The van der Waals surface area contributed by atoms with Gasteiger partial charge in [0.25, 0.3) is 0 Å². The molecule has 0 aliphatic carbocycles. The van der Waals surface area contributed by atoms with Crippen LogP contribution in [0.5, 0.6) is 0 Å². The number of rotatable bonds is 1. The Morgan fingerprint density at radius 2 is 2.41 bits per heavy atom. The summed E-state index contributed by atoms with van der Waals surface area (Å²) in [7, 11) is 0. The topological polar surface area (TPSA) is 64.3 Å². The maximum absolute atomic E-state index is 5.75. The van der Waals surface area contributed by atoms with Gasteiger partial charge in [-0.25, -0.2) is 4.98 Å².